The predicted octanol–water partition coefficient (Wildman–Crippen LogP) is 0.882. The van der Waals surface area contributed by atoms with Crippen LogP contribution in [0.5, 0.6) is 0 Å². The molecule has 0 saturated heterocycles. The van der Waals surface area contributed by atoms with Crippen molar-refractivity contribution in [1.29, 1.82) is 0 Å². The molecule has 0 aromatic carbocycles. The van der Waals surface area contributed by atoms with Gasteiger partial charge < -0.3 is 9.41 Å². The summed E-state index contributed by atoms with van der Waals surface area (Å²) in [4.78, 5) is 7.20. The second-order valence-electron chi connectivity index (χ2n) is 2.13. The SMILES string of the molecule is [C-]#[N+]CCc1cncn1C. The van der Waals surface area contributed by atoms with Crippen LogP contribution in [0.1, 0.15) is 5.69 Å². The highest BCUT2D eigenvalue weighted by atomic mass is 15.0. The van der Waals surface area contributed by atoms with Gasteiger partial charge in [0.25, 0.3) is 0 Å². The van der Waals surface area contributed by atoms with Crippen LogP contribution < -0.4 is 0 Å². The molecule has 0 spiro atoms. The molecule has 10 heavy (non-hydrogen) atoms. The molecule has 1 aromatic heterocycles. The lowest BCUT2D eigenvalue weighted by Crippen LogP contribution is -1.95. The van der Waals surface area contributed by atoms with E-state index in [2.05, 4.69) is 9.83 Å². The number of rotatable bonds is 2. The quantitative estimate of drug-likeness (QED) is 0.552. The molecular weight excluding hydrogens is 126 g/mol. The second-order valence-corrected chi connectivity index (χ2v) is 2.13. The van der Waals surface area contributed by atoms with Gasteiger partial charge in [0.05, 0.1) is 12.7 Å². The molecule has 0 aliphatic rings. The highest BCUT2D eigenvalue weighted by Crippen LogP contribution is 1.96. The van der Waals surface area contributed by atoms with E-state index in [-0.39, 0.29) is 0 Å². The Bertz CT molecular complexity index is 244. The number of hydrogen-bond donors (Lipinski definition) is 0. The Morgan fingerprint density at radius 1 is 1.80 bits per heavy atom. The van der Waals surface area contributed by atoms with E-state index in [4.69, 9.17) is 6.57 Å². The lowest BCUT2D eigenvalue weighted by molar-refractivity contribution is 0.825. The molecule has 0 atom stereocenters. The molecule has 1 aromatic rings. The summed E-state index contributed by atoms with van der Waals surface area (Å²) in [5.41, 5.74) is 1.12. The fourth-order valence-corrected chi connectivity index (χ4v) is 0.796. The first-order valence-corrected chi connectivity index (χ1v) is 3.13. The summed E-state index contributed by atoms with van der Waals surface area (Å²) in [7, 11) is 1.94. The van der Waals surface area contributed by atoms with Gasteiger partial charge in [-0.15, -0.1) is 0 Å². The van der Waals surface area contributed by atoms with Gasteiger partial charge in [0.15, 0.2) is 0 Å². The Kier molecular flexibility index (Phi) is 2.06. The molecule has 0 bridgehead atoms. The van der Waals surface area contributed by atoms with Crippen molar-refractivity contribution in [3.05, 3.63) is 29.6 Å². The molecule has 1 rings (SSSR count). The smallest absolute Gasteiger partial charge is 0.220 e. The lowest BCUT2D eigenvalue weighted by atomic mass is 10.3. The highest BCUT2D eigenvalue weighted by molar-refractivity contribution is 4.98. The molecule has 0 fully saturated rings. The zero-order valence-corrected chi connectivity index (χ0v) is 5.91. The normalized spacial score (nSPS) is 9.20. The predicted molar refractivity (Wildman–Crippen MR) is 38.4 cm³/mol. The van der Waals surface area contributed by atoms with Gasteiger partial charge in [0.2, 0.25) is 6.54 Å². The number of aryl methyl sites for hydroxylation is 1. The van der Waals surface area contributed by atoms with E-state index < -0.39 is 0 Å². The molecule has 3 nitrogen and oxygen atoms in total. The number of nitrogens with zero attached hydrogens (tertiary/aromatic N) is 3. The van der Waals surface area contributed by atoms with Gasteiger partial charge in [-0.1, -0.05) is 0 Å². The third-order valence-corrected chi connectivity index (χ3v) is 1.40. The lowest BCUT2D eigenvalue weighted by Gasteiger charge is -1.93. The number of imidazole rings is 1. The Hall–Kier alpha value is -1.30. The van der Waals surface area contributed by atoms with E-state index in [1.165, 1.54) is 0 Å². The maximum atomic E-state index is 6.57. The zero-order chi connectivity index (χ0) is 7.40. The van der Waals surface area contributed by atoms with Gasteiger partial charge in [0, 0.05) is 18.9 Å². The van der Waals surface area contributed by atoms with Gasteiger partial charge in [-0.2, -0.15) is 0 Å². The minimum atomic E-state index is 0.555. The molecule has 3 heteroatoms. The van der Waals surface area contributed by atoms with Crippen LogP contribution in [0.2, 0.25) is 0 Å². The van der Waals surface area contributed by atoms with Crippen LogP contribution in [0.4, 0.5) is 0 Å². The molecule has 0 amide bonds. The number of aromatic nitrogens is 2. The Morgan fingerprint density at radius 3 is 3.10 bits per heavy atom. The average Bonchev–Trinajstić information content (AvgIpc) is 2.31. The molecular formula is C7H9N3. The Morgan fingerprint density at radius 2 is 2.60 bits per heavy atom. The van der Waals surface area contributed by atoms with Gasteiger partial charge >= 0.3 is 0 Å². The fourth-order valence-electron chi connectivity index (χ4n) is 0.796. The van der Waals surface area contributed by atoms with E-state index in [1.807, 2.05) is 11.6 Å². The standard InChI is InChI=1S/C7H9N3/c1-8-4-3-7-5-9-6-10(7)2/h5-6H,3-4H2,2H3. The van der Waals surface area contributed by atoms with E-state index in [0.29, 0.717) is 6.54 Å². The van der Waals surface area contributed by atoms with Crippen molar-refractivity contribution in [1.82, 2.24) is 9.55 Å². The summed E-state index contributed by atoms with van der Waals surface area (Å²) in [5.74, 6) is 0. The van der Waals surface area contributed by atoms with Crippen molar-refractivity contribution in [3.63, 3.8) is 0 Å². The summed E-state index contributed by atoms with van der Waals surface area (Å²) in [6, 6.07) is 0. The maximum absolute atomic E-state index is 6.57. The van der Waals surface area contributed by atoms with Crippen LogP contribution in [0, 0.1) is 6.57 Å². The second kappa shape index (κ2) is 3.02. The molecule has 52 valence electrons. The minimum Gasteiger partial charge on any atom is -0.337 e. The Labute approximate surface area is 60.1 Å². The first-order valence-electron chi connectivity index (χ1n) is 3.13. The van der Waals surface area contributed by atoms with Crippen molar-refractivity contribution >= 4 is 0 Å². The van der Waals surface area contributed by atoms with Crippen LogP contribution >= 0.6 is 0 Å². The zero-order valence-electron chi connectivity index (χ0n) is 5.91. The molecule has 0 aliphatic heterocycles. The molecule has 1 heterocycles. The monoisotopic (exact) mass is 135 g/mol. The van der Waals surface area contributed by atoms with E-state index in [0.717, 1.165) is 12.1 Å². The fraction of sp³-hybridized carbons (Fsp3) is 0.429. The summed E-state index contributed by atoms with van der Waals surface area (Å²) < 4.78 is 1.94. The van der Waals surface area contributed by atoms with Crippen LogP contribution in [-0.4, -0.2) is 16.1 Å². The summed E-state index contributed by atoms with van der Waals surface area (Å²) in [6.45, 7) is 7.13. The summed E-state index contributed by atoms with van der Waals surface area (Å²) >= 11 is 0. The largest absolute Gasteiger partial charge is 0.337 e. The highest BCUT2D eigenvalue weighted by Gasteiger charge is 1.97. The van der Waals surface area contributed by atoms with Gasteiger partial charge in [0.1, 0.15) is 0 Å². The topological polar surface area (TPSA) is 22.2 Å². The molecule has 0 unspecified atom stereocenters. The van der Waals surface area contributed by atoms with Gasteiger partial charge in [-0.05, 0) is 0 Å². The van der Waals surface area contributed by atoms with E-state index in [9.17, 15) is 0 Å². The van der Waals surface area contributed by atoms with Crippen molar-refractivity contribution in [2.24, 2.45) is 7.05 Å². The molecule has 0 radical (unpaired) electrons. The minimum absolute atomic E-state index is 0.555. The van der Waals surface area contributed by atoms with Crippen molar-refractivity contribution in [2.45, 2.75) is 6.42 Å². The molecule has 0 N–H and O–H groups in total. The van der Waals surface area contributed by atoms with Gasteiger partial charge in [-0.25, -0.2) is 11.6 Å². The van der Waals surface area contributed by atoms with E-state index in [1.54, 1.807) is 12.5 Å². The average molecular weight is 135 g/mol. The maximum Gasteiger partial charge on any atom is 0.220 e. The first kappa shape index (κ1) is 6.81. The van der Waals surface area contributed by atoms with Crippen molar-refractivity contribution in [3.8, 4) is 0 Å². The van der Waals surface area contributed by atoms with E-state index >= 15 is 0 Å². The Balaban J connectivity index is 2.59. The van der Waals surface area contributed by atoms with Gasteiger partial charge in [-0.3, -0.25) is 0 Å². The van der Waals surface area contributed by atoms with Crippen LogP contribution in [0.25, 0.3) is 4.85 Å². The third kappa shape index (κ3) is 1.35. The number of hydrogen-bond acceptors (Lipinski definition) is 1. The molecule has 0 saturated carbocycles. The van der Waals surface area contributed by atoms with Crippen molar-refractivity contribution in [2.75, 3.05) is 6.54 Å². The summed E-state index contributed by atoms with van der Waals surface area (Å²) in [5, 5.41) is 0. The summed E-state index contributed by atoms with van der Waals surface area (Å²) in [6.07, 6.45) is 4.35. The van der Waals surface area contributed by atoms with Crippen LogP contribution in [0.3, 0.4) is 0 Å². The van der Waals surface area contributed by atoms with Crippen LogP contribution in [-0.2, 0) is 13.5 Å². The van der Waals surface area contributed by atoms with Crippen LogP contribution in [0.15, 0.2) is 12.5 Å². The molecule has 0 aliphatic carbocycles. The first-order chi connectivity index (χ1) is 4.84. The third-order valence-electron chi connectivity index (χ3n) is 1.40. The van der Waals surface area contributed by atoms with Crippen molar-refractivity contribution < 1.29 is 0 Å².